The average Bonchev–Trinajstić information content (AvgIpc) is 2.53. The molecule has 22 heavy (non-hydrogen) atoms. The summed E-state index contributed by atoms with van der Waals surface area (Å²) >= 11 is 9.56. The summed E-state index contributed by atoms with van der Waals surface area (Å²) in [5, 5.41) is 0.479. The van der Waals surface area contributed by atoms with Gasteiger partial charge in [-0.2, -0.15) is 0 Å². The molecule has 0 unspecified atom stereocenters. The molecule has 0 saturated carbocycles. The number of nitrogens with two attached hydrogens (primary N) is 1. The van der Waals surface area contributed by atoms with Crippen LogP contribution in [-0.2, 0) is 11.4 Å². The van der Waals surface area contributed by atoms with Crippen LogP contribution in [0.4, 0.5) is 0 Å². The van der Waals surface area contributed by atoms with Crippen LogP contribution < -0.4 is 16.0 Å². The fourth-order valence-corrected chi connectivity index (χ4v) is 2.21. The van der Waals surface area contributed by atoms with Crippen LogP contribution in [0.3, 0.4) is 0 Å². The highest BCUT2D eigenvalue weighted by atomic mass is 79.9. The number of ether oxygens (including phenoxy) is 1. The van der Waals surface area contributed by atoms with Gasteiger partial charge in [0, 0.05) is 10.5 Å². The summed E-state index contributed by atoms with van der Waals surface area (Å²) in [5.74, 6) is 5.20. The second-order valence-electron chi connectivity index (χ2n) is 4.45. The van der Waals surface area contributed by atoms with Gasteiger partial charge in [-0.05, 0) is 41.5 Å². The number of halogens is 2. The number of benzene rings is 2. The molecule has 0 aromatic heterocycles. The summed E-state index contributed by atoms with van der Waals surface area (Å²) in [6, 6.07) is 13.2. The first-order valence-corrected chi connectivity index (χ1v) is 7.61. The van der Waals surface area contributed by atoms with E-state index in [9.17, 15) is 4.79 Å². The number of amides is 1. The van der Waals surface area contributed by atoms with Crippen molar-refractivity contribution < 1.29 is 9.53 Å². The summed E-state index contributed by atoms with van der Waals surface area (Å²) in [6.45, 7) is 0.428. The maximum atomic E-state index is 11.0. The van der Waals surface area contributed by atoms with Crippen LogP contribution in [0.25, 0.3) is 6.08 Å². The van der Waals surface area contributed by atoms with Crippen molar-refractivity contribution in [3.8, 4) is 5.75 Å². The zero-order chi connectivity index (χ0) is 15.9. The topological polar surface area (TPSA) is 64.3 Å². The zero-order valence-corrected chi connectivity index (χ0v) is 13.9. The molecule has 0 aliphatic rings. The maximum Gasteiger partial charge on any atom is 0.257 e. The molecule has 0 heterocycles. The van der Waals surface area contributed by atoms with Gasteiger partial charge in [-0.15, -0.1) is 0 Å². The van der Waals surface area contributed by atoms with E-state index >= 15 is 0 Å². The highest BCUT2D eigenvalue weighted by Gasteiger charge is 2.03. The van der Waals surface area contributed by atoms with Gasteiger partial charge >= 0.3 is 0 Å². The molecule has 0 fully saturated rings. The molecule has 0 bridgehead atoms. The van der Waals surface area contributed by atoms with Crippen molar-refractivity contribution in [3.63, 3.8) is 0 Å². The predicted molar refractivity (Wildman–Crippen MR) is 91.3 cm³/mol. The van der Waals surface area contributed by atoms with Gasteiger partial charge in [0.15, 0.2) is 0 Å². The van der Waals surface area contributed by atoms with Crippen molar-refractivity contribution in [2.45, 2.75) is 6.61 Å². The number of rotatable bonds is 5. The van der Waals surface area contributed by atoms with Gasteiger partial charge < -0.3 is 4.74 Å². The van der Waals surface area contributed by atoms with Crippen molar-refractivity contribution in [1.82, 2.24) is 5.43 Å². The molecule has 0 spiro atoms. The van der Waals surface area contributed by atoms with Crippen LogP contribution in [0.2, 0.25) is 5.02 Å². The molecular weight excluding hydrogens is 368 g/mol. The van der Waals surface area contributed by atoms with Crippen LogP contribution in [0, 0.1) is 0 Å². The van der Waals surface area contributed by atoms with Gasteiger partial charge in [-0.3, -0.25) is 10.2 Å². The Morgan fingerprint density at radius 3 is 2.64 bits per heavy atom. The molecule has 1 amide bonds. The highest BCUT2D eigenvalue weighted by Crippen LogP contribution is 2.27. The fourth-order valence-electron chi connectivity index (χ4n) is 1.70. The maximum absolute atomic E-state index is 11.0. The Balaban J connectivity index is 2.02. The Morgan fingerprint density at radius 1 is 1.27 bits per heavy atom. The number of carbonyl (C=O) groups is 1. The second-order valence-corrected chi connectivity index (χ2v) is 5.77. The Labute approximate surface area is 142 Å². The first-order valence-electron chi connectivity index (χ1n) is 6.44. The lowest BCUT2D eigenvalue weighted by Crippen LogP contribution is -2.27. The van der Waals surface area contributed by atoms with Crippen LogP contribution in [0.5, 0.6) is 5.75 Å². The standard InChI is InChI=1S/C16H14BrClN2O2/c17-13-5-1-12(2-6-13)10-22-15-7-3-11(9-14(15)18)4-8-16(21)20-19/h1-9H,10,19H2,(H,20,21)/b8-4+. The molecule has 0 aliphatic carbocycles. The van der Waals surface area contributed by atoms with E-state index in [1.807, 2.05) is 35.8 Å². The van der Waals surface area contributed by atoms with Crippen LogP contribution in [0.1, 0.15) is 11.1 Å². The third-order valence-corrected chi connectivity index (χ3v) is 3.66. The second kappa shape index (κ2) is 7.98. The SMILES string of the molecule is NNC(=O)/C=C/c1ccc(OCc2ccc(Br)cc2)c(Cl)c1. The first-order chi connectivity index (χ1) is 10.6. The highest BCUT2D eigenvalue weighted by molar-refractivity contribution is 9.10. The number of hydrogen-bond acceptors (Lipinski definition) is 3. The minimum Gasteiger partial charge on any atom is -0.487 e. The fraction of sp³-hybridized carbons (Fsp3) is 0.0625. The van der Waals surface area contributed by atoms with Crippen molar-refractivity contribution >= 4 is 39.5 Å². The molecule has 6 heteroatoms. The molecule has 114 valence electrons. The lowest BCUT2D eigenvalue weighted by atomic mass is 10.2. The molecular formula is C16H14BrClN2O2. The molecule has 0 atom stereocenters. The number of hydrogen-bond donors (Lipinski definition) is 2. The van der Waals surface area contributed by atoms with Gasteiger partial charge in [0.2, 0.25) is 0 Å². The van der Waals surface area contributed by atoms with Gasteiger partial charge in [-0.25, -0.2) is 5.84 Å². The third-order valence-electron chi connectivity index (χ3n) is 2.83. The van der Waals surface area contributed by atoms with Crippen LogP contribution >= 0.6 is 27.5 Å². The zero-order valence-electron chi connectivity index (χ0n) is 11.6. The molecule has 3 N–H and O–H groups in total. The van der Waals surface area contributed by atoms with Gasteiger partial charge in [0.05, 0.1) is 5.02 Å². The third kappa shape index (κ3) is 4.87. The van der Waals surface area contributed by atoms with Crippen LogP contribution in [0.15, 0.2) is 53.0 Å². The molecule has 0 aliphatic heterocycles. The summed E-state index contributed by atoms with van der Waals surface area (Å²) in [6.07, 6.45) is 2.95. The lowest BCUT2D eigenvalue weighted by molar-refractivity contribution is -0.116. The van der Waals surface area contributed by atoms with Crippen molar-refractivity contribution in [3.05, 3.63) is 69.2 Å². The van der Waals surface area contributed by atoms with Gasteiger partial charge in [-0.1, -0.05) is 45.7 Å². The summed E-state index contributed by atoms with van der Waals surface area (Å²) < 4.78 is 6.71. The van der Waals surface area contributed by atoms with Crippen molar-refractivity contribution in [2.24, 2.45) is 5.84 Å². The Kier molecular flexibility index (Phi) is 6.00. The monoisotopic (exact) mass is 380 g/mol. The molecule has 2 aromatic carbocycles. The molecule has 2 rings (SSSR count). The van der Waals surface area contributed by atoms with Crippen molar-refractivity contribution in [2.75, 3.05) is 0 Å². The number of carbonyl (C=O) groups excluding carboxylic acids is 1. The van der Waals surface area contributed by atoms with Gasteiger partial charge in [0.25, 0.3) is 5.91 Å². The van der Waals surface area contributed by atoms with Crippen LogP contribution in [-0.4, -0.2) is 5.91 Å². The number of nitrogens with one attached hydrogen (secondary N) is 1. The Bertz CT molecular complexity index is 687. The van der Waals surface area contributed by atoms with Gasteiger partial charge in [0.1, 0.15) is 12.4 Å². The van der Waals surface area contributed by atoms with Crippen molar-refractivity contribution in [1.29, 1.82) is 0 Å². The number of hydrazine groups is 1. The predicted octanol–water partition coefficient (Wildman–Crippen LogP) is 3.68. The Morgan fingerprint density at radius 2 is 2.00 bits per heavy atom. The largest absolute Gasteiger partial charge is 0.487 e. The van der Waals surface area contributed by atoms with E-state index in [1.54, 1.807) is 18.2 Å². The van der Waals surface area contributed by atoms with E-state index in [2.05, 4.69) is 15.9 Å². The molecule has 0 saturated heterocycles. The smallest absolute Gasteiger partial charge is 0.257 e. The Hall–Kier alpha value is -1.82. The van der Waals surface area contributed by atoms with E-state index < -0.39 is 0 Å². The minimum atomic E-state index is -0.383. The molecule has 2 aromatic rings. The van der Waals surface area contributed by atoms with E-state index in [4.69, 9.17) is 22.2 Å². The van der Waals surface area contributed by atoms with E-state index in [0.29, 0.717) is 17.4 Å². The lowest BCUT2D eigenvalue weighted by Gasteiger charge is -2.09. The minimum absolute atomic E-state index is 0.383. The summed E-state index contributed by atoms with van der Waals surface area (Å²) in [5.41, 5.74) is 3.84. The first kappa shape index (κ1) is 16.5. The van der Waals surface area contributed by atoms with E-state index in [1.165, 1.54) is 6.08 Å². The van der Waals surface area contributed by atoms with E-state index in [0.717, 1.165) is 15.6 Å². The quantitative estimate of drug-likeness (QED) is 0.359. The average molecular weight is 382 g/mol. The summed E-state index contributed by atoms with van der Waals surface area (Å²) in [4.78, 5) is 11.0. The normalized spacial score (nSPS) is 10.7. The molecule has 4 nitrogen and oxygen atoms in total. The summed E-state index contributed by atoms with van der Waals surface area (Å²) in [7, 11) is 0. The molecule has 0 radical (unpaired) electrons. The van der Waals surface area contributed by atoms with E-state index in [-0.39, 0.29) is 5.91 Å².